The summed E-state index contributed by atoms with van der Waals surface area (Å²) in [6.07, 6.45) is 0. The maximum absolute atomic E-state index is 12.6. The third-order valence-electron chi connectivity index (χ3n) is 3.81. The van der Waals surface area contributed by atoms with E-state index in [-0.39, 0.29) is 12.5 Å². The van der Waals surface area contributed by atoms with E-state index in [1.165, 1.54) is 0 Å². The van der Waals surface area contributed by atoms with E-state index in [9.17, 15) is 9.90 Å². The molecule has 2 N–H and O–H groups in total. The molecule has 0 aliphatic carbocycles. The molecule has 0 aliphatic rings. The summed E-state index contributed by atoms with van der Waals surface area (Å²) in [5.41, 5.74) is 2.75. The van der Waals surface area contributed by atoms with E-state index in [0.717, 1.165) is 11.1 Å². The molecule has 0 spiro atoms. The van der Waals surface area contributed by atoms with Crippen LogP contribution in [-0.2, 0) is 13.2 Å². The molecule has 3 aromatic carbocycles. The number of rotatable bonds is 6. The lowest BCUT2D eigenvalue weighted by Crippen LogP contribution is -2.13. The zero-order chi connectivity index (χ0) is 18.4. The van der Waals surface area contributed by atoms with Crippen LogP contribution in [-0.4, -0.2) is 11.0 Å². The number of amides is 1. The van der Waals surface area contributed by atoms with Gasteiger partial charge in [-0.3, -0.25) is 4.79 Å². The van der Waals surface area contributed by atoms with Gasteiger partial charge in [-0.2, -0.15) is 0 Å². The molecule has 0 saturated heterocycles. The Kier molecular flexibility index (Phi) is 5.89. The highest BCUT2D eigenvalue weighted by molar-refractivity contribution is 6.30. The van der Waals surface area contributed by atoms with Crippen molar-refractivity contribution < 1.29 is 14.6 Å². The van der Waals surface area contributed by atoms with E-state index in [2.05, 4.69) is 5.32 Å². The van der Waals surface area contributed by atoms with Crippen molar-refractivity contribution >= 4 is 23.2 Å². The summed E-state index contributed by atoms with van der Waals surface area (Å²) < 4.78 is 5.82. The van der Waals surface area contributed by atoms with Gasteiger partial charge in [-0.05, 0) is 47.5 Å². The molecule has 0 unspecified atom stereocenters. The molecule has 0 saturated carbocycles. The molecule has 26 heavy (non-hydrogen) atoms. The number of hydrogen-bond donors (Lipinski definition) is 2. The Morgan fingerprint density at radius 3 is 2.50 bits per heavy atom. The molecule has 3 aromatic rings. The highest BCUT2D eigenvalue weighted by atomic mass is 35.5. The summed E-state index contributed by atoms with van der Waals surface area (Å²) in [7, 11) is 0. The number of hydrogen-bond acceptors (Lipinski definition) is 3. The summed E-state index contributed by atoms with van der Waals surface area (Å²) in [4.78, 5) is 12.6. The highest BCUT2D eigenvalue weighted by Gasteiger charge is 2.12. The molecule has 0 fully saturated rings. The highest BCUT2D eigenvalue weighted by Crippen LogP contribution is 2.22. The van der Waals surface area contributed by atoms with Crippen molar-refractivity contribution in [3.05, 3.63) is 94.5 Å². The minimum absolute atomic E-state index is 0.0789. The Balaban J connectivity index is 1.73. The number of aliphatic hydroxyl groups excluding tert-OH is 1. The van der Waals surface area contributed by atoms with Gasteiger partial charge in [0.25, 0.3) is 5.91 Å². The number of halogens is 1. The largest absolute Gasteiger partial charge is 0.488 e. The number of nitrogens with one attached hydrogen (secondary N) is 1. The number of para-hydroxylation sites is 1. The van der Waals surface area contributed by atoms with Gasteiger partial charge in [-0.25, -0.2) is 0 Å². The Labute approximate surface area is 157 Å². The van der Waals surface area contributed by atoms with Crippen LogP contribution in [0.2, 0.25) is 5.02 Å². The molecular weight excluding hydrogens is 350 g/mol. The van der Waals surface area contributed by atoms with Crippen molar-refractivity contribution in [2.75, 3.05) is 5.32 Å². The van der Waals surface area contributed by atoms with Crippen molar-refractivity contribution in [1.82, 2.24) is 0 Å². The molecule has 0 aromatic heterocycles. The Morgan fingerprint density at radius 2 is 1.73 bits per heavy atom. The van der Waals surface area contributed by atoms with Crippen LogP contribution in [0.1, 0.15) is 21.5 Å². The molecule has 0 radical (unpaired) electrons. The Hall–Kier alpha value is -2.82. The predicted octanol–water partition coefficient (Wildman–Crippen LogP) is 4.66. The fraction of sp³-hybridized carbons (Fsp3) is 0.0952. The van der Waals surface area contributed by atoms with Gasteiger partial charge in [0.1, 0.15) is 12.4 Å². The van der Waals surface area contributed by atoms with E-state index in [1.54, 1.807) is 54.6 Å². The molecule has 0 heterocycles. The lowest BCUT2D eigenvalue weighted by Gasteiger charge is -2.12. The SMILES string of the molecule is O=C(Nc1cccc(CO)c1)c1ccccc1OCc1ccc(Cl)cc1. The van der Waals surface area contributed by atoms with Crippen LogP contribution in [0.25, 0.3) is 0 Å². The molecule has 0 atom stereocenters. The minimum Gasteiger partial charge on any atom is -0.488 e. The third kappa shape index (κ3) is 4.63. The molecule has 5 heteroatoms. The van der Waals surface area contributed by atoms with Crippen LogP contribution in [0.4, 0.5) is 5.69 Å². The van der Waals surface area contributed by atoms with E-state index < -0.39 is 0 Å². The van der Waals surface area contributed by atoms with E-state index in [4.69, 9.17) is 16.3 Å². The van der Waals surface area contributed by atoms with Crippen molar-refractivity contribution in [1.29, 1.82) is 0 Å². The molecule has 132 valence electrons. The number of carbonyl (C=O) groups is 1. The van der Waals surface area contributed by atoms with Gasteiger partial charge in [-0.1, -0.05) is 48.0 Å². The molecule has 3 rings (SSSR count). The summed E-state index contributed by atoms with van der Waals surface area (Å²) in [5.74, 6) is 0.227. The lowest BCUT2D eigenvalue weighted by atomic mass is 10.1. The second-order valence-corrected chi connectivity index (χ2v) is 6.16. The van der Waals surface area contributed by atoms with Gasteiger partial charge in [0.2, 0.25) is 0 Å². The molecule has 4 nitrogen and oxygen atoms in total. The van der Waals surface area contributed by atoms with Crippen LogP contribution < -0.4 is 10.1 Å². The monoisotopic (exact) mass is 367 g/mol. The molecule has 0 aliphatic heterocycles. The van der Waals surface area contributed by atoms with E-state index >= 15 is 0 Å². The maximum atomic E-state index is 12.6. The number of benzene rings is 3. The minimum atomic E-state index is -0.271. The maximum Gasteiger partial charge on any atom is 0.259 e. The smallest absolute Gasteiger partial charge is 0.259 e. The van der Waals surface area contributed by atoms with Crippen molar-refractivity contribution in [3.8, 4) is 5.75 Å². The van der Waals surface area contributed by atoms with Crippen LogP contribution in [0.5, 0.6) is 5.75 Å². The first-order chi connectivity index (χ1) is 12.7. The Bertz CT molecular complexity index is 894. The number of carbonyl (C=O) groups excluding carboxylic acids is 1. The average Bonchev–Trinajstić information content (AvgIpc) is 2.68. The van der Waals surface area contributed by atoms with Gasteiger partial charge in [0.15, 0.2) is 0 Å². The number of aliphatic hydroxyl groups is 1. The lowest BCUT2D eigenvalue weighted by molar-refractivity contribution is 0.102. The van der Waals surface area contributed by atoms with Crippen molar-refractivity contribution in [2.45, 2.75) is 13.2 Å². The van der Waals surface area contributed by atoms with Gasteiger partial charge < -0.3 is 15.2 Å². The molecule has 1 amide bonds. The van der Waals surface area contributed by atoms with Gasteiger partial charge >= 0.3 is 0 Å². The third-order valence-corrected chi connectivity index (χ3v) is 4.06. The summed E-state index contributed by atoms with van der Waals surface area (Å²) in [6.45, 7) is 0.256. The fourth-order valence-electron chi connectivity index (χ4n) is 2.47. The summed E-state index contributed by atoms with van der Waals surface area (Å²) in [5, 5.41) is 12.7. The van der Waals surface area contributed by atoms with E-state index in [1.807, 2.05) is 18.2 Å². The fourth-order valence-corrected chi connectivity index (χ4v) is 2.59. The predicted molar refractivity (Wildman–Crippen MR) is 103 cm³/mol. The molecular formula is C21H18ClNO3. The van der Waals surface area contributed by atoms with Crippen LogP contribution in [0.15, 0.2) is 72.8 Å². The van der Waals surface area contributed by atoms with Gasteiger partial charge in [-0.15, -0.1) is 0 Å². The number of ether oxygens (including phenoxy) is 1. The zero-order valence-electron chi connectivity index (χ0n) is 14.0. The Morgan fingerprint density at radius 1 is 0.962 bits per heavy atom. The summed E-state index contributed by atoms with van der Waals surface area (Å²) >= 11 is 5.88. The van der Waals surface area contributed by atoms with E-state index in [0.29, 0.717) is 28.6 Å². The first-order valence-corrected chi connectivity index (χ1v) is 8.51. The normalized spacial score (nSPS) is 10.4. The van der Waals surface area contributed by atoms with Crippen molar-refractivity contribution in [3.63, 3.8) is 0 Å². The van der Waals surface area contributed by atoms with Gasteiger partial charge in [0, 0.05) is 10.7 Å². The number of anilines is 1. The van der Waals surface area contributed by atoms with Crippen LogP contribution in [0.3, 0.4) is 0 Å². The second-order valence-electron chi connectivity index (χ2n) is 5.72. The topological polar surface area (TPSA) is 58.6 Å². The second kappa shape index (κ2) is 8.52. The standard InChI is InChI=1S/C21H18ClNO3/c22-17-10-8-15(9-11-17)14-26-20-7-2-1-6-19(20)21(25)23-18-5-3-4-16(12-18)13-24/h1-12,24H,13-14H2,(H,23,25). The first kappa shape index (κ1) is 18.0. The summed E-state index contributed by atoms with van der Waals surface area (Å²) in [6, 6.07) is 21.5. The average molecular weight is 368 g/mol. The van der Waals surface area contributed by atoms with Crippen LogP contribution >= 0.6 is 11.6 Å². The molecule has 0 bridgehead atoms. The van der Waals surface area contributed by atoms with Crippen LogP contribution in [0, 0.1) is 0 Å². The quantitative estimate of drug-likeness (QED) is 0.666. The zero-order valence-corrected chi connectivity index (χ0v) is 14.7. The first-order valence-electron chi connectivity index (χ1n) is 8.13. The van der Waals surface area contributed by atoms with Gasteiger partial charge in [0.05, 0.1) is 12.2 Å². The van der Waals surface area contributed by atoms with Crippen molar-refractivity contribution in [2.24, 2.45) is 0 Å².